The van der Waals surface area contributed by atoms with Gasteiger partial charge in [-0.3, -0.25) is 4.79 Å². The van der Waals surface area contributed by atoms with Gasteiger partial charge < -0.3 is 15.7 Å². The lowest BCUT2D eigenvalue weighted by Gasteiger charge is -2.10. The van der Waals surface area contributed by atoms with E-state index in [1.165, 1.54) is 4.70 Å². The highest BCUT2D eigenvalue weighted by molar-refractivity contribution is 7.18. The Hall–Kier alpha value is -1.21. The summed E-state index contributed by atoms with van der Waals surface area (Å²) >= 11 is 1.66. The molecule has 1 saturated heterocycles. The van der Waals surface area contributed by atoms with E-state index in [-0.39, 0.29) is 24.4 Å². The number of hydrogen-bond donors (Lipinski definition) is 3. The number of aliphatic hydroxyl groups excluding tert-OH is 1. The SMILES string of the molecule is Cl.O=C(NCCc1nc2ccccc2s1)C1CC(O)CN1. The van der Waals surface area contributed by atoms with Crippen LogP contribution in [0.4, 0.5) is 0 Å². The fraction of sp³-hybridized carbons (Fsp3) is 0.429. The first-order valence-electron chi connectivity index (χ1n) is 6.76. The second-order valence-electron chi connectivity index (χ2n) is 4.97. The number of benzene rings is 1. The minimum Gasteiger partial charge on any atom is -0.392 e. The number of hydrogen-bond acceptors (Lipinski definition) is 5. The molecule has 2 aromatic rings. The topological polar surface area (TPSA) is 74.2 Å². The summed E-state index contributed by atoms with van der Waals surface area (Å²) in [5.41, 5.74) is 1.01. The Morgan fingerprint density at radius 2 is 2.29 bits per heavy atom. The number of rotatable bonds is 4. The zero-order valence-corrected chi connectivity index (χ0v) is 13.0. The van der Waals surface area contributed by atoms with E-state index < -0.39 is 6.10 Å². The van der Waals surface area contributed by atoms with Crippen LogP contribution in [0, 0.1) is 0 Å². The third-order valence-electron chi connectivity index (χ3n) is 3.40. The molecule has 3 N–H and O–H groups in total. The normalized spacial score (nSPS) is 21.2. The molecular formula is C14H18ClN3O2S. The van der Waals surface area contributed by atoms with Gasteiger partial charge in [-0.1, -0.05) is 12.1 Å². The van der Waals surface area contributed by atoms with Crippen LogP contribution in [0.3, 0.4) is 0 Å². The summed E-state index contributed by atoms with van der Waals surface area (Å²) in [7, 11) is 0. The zero-order valence-electron chi connectivity index (χ0n) is 11.4. The van der Waals surface area contributed by atoms with Crippen molar-refractivity contribution in [1.82, 2.24) is 15.6 Å². The zero-order chi connectivity index (χ0) is 13.9. The van der Waals surface area contributed by atoms with Crippen molar-refractivity contribution in [2.45, 2.75) is 25.0 Å². The van der Waals surface area contributed by atoms with Gasteiger partial charge in [0.15, 0.2) is 0 Å². The first-order valence-corrected chi connectivity index (χ1v) is 7.57. The van der Waals surface area contributed by atoms with E-state index in [0.717, 1.165) is 16.9 Å². The number of fused-ring (bicyclic) bond motifs is 1. The molecule has 1 amide bonds. The van der Waals surface area contributed by atoms with Crippen LogP contribution in [0.2, 0.25) is 0 Å². The number of carbonyl (C=O) groups excluding carboxylic acids is 1. The van der Waals surface area contributed by atoms with Crippen LogP contribution in [0.25, 0.3) is 10.2 Å². The Kier molecular flexibility index (Phi) is 5.52. The van der Waals surface area contributed by atoms with Gasteiger partial charge in [-0.05, 0) is 18.6 Å². The number of aliphatic hydroxyl groups is 1. The fourth-order valence-corrected chi connectivity index (χ4v) is 3.33. The van der Waals surface area contributed by atoms with Gasteiger partial charge in [0.25, 0.3) is 0 Å². The molecule has 1 aromatic heterocycles. The molecule has 5 nitrogen and oxygen atoms in total. The Balaban J connectivity index is 0.00000161. The molecule has 0 radical (unpaired) electrons. The van der Waals surface area contributed by atoms with Crippen molar-refractivity contribution >= 4 is 39.9 Å². The minimum atomic E-state index is -0.407. The second-order valence-corrected chi connectivity index (χ2v) is 6.08. The summed E-state index contributed by atoms with van der Waals surface area (Å²) in [6.07, 6.45) is 0.822. The summed E-state index contributed by atoms with van der Waals surface area (Å²) in [5.74, 6) is -0.0392. The summed E-state index contributed by atoms with van der Waals surface area (Å²) in [4.78, 5) is 16.4. The molecule has 0 spiro atoms. The average molecular weight is 328 g/mol. The number of thiazole rings is 1. The van der Waals surface area contributed by atoms with Crippen LogP contribution in [-0.4, -0.2) is 41.2 Å². The standard InChI is InChI=1S/C14H17N3O2S.ClH/c18-9-7-11(16-8-9)14(19)15-6-5-13-17-10-3-1-2-4-12(10)20-13;/h1-4,9,11,16,18H,5-8H2,(H,15,19);1H. The monoisotopic (exact) mass is 327 g/mol. The highest BCUT2D eigenvalue weighted by Crippen LogP contribution is 2.21. The van der Waals surface area contributed by atoms with Crippen LogP contribution in [0.15, 0.2) is 24.3 Å². The Bertz CT molecular complexity index is 586. The van der Waals surface area contributed by atoms with Crippen molar-refractivity contribution in [3.8, 4) is 0 Å². The smallest absolute Gasteiger partial charge is 0.237 e. The minimum absolute atomic E-state index is 0. The van der Waals surface area contributed by atoms with Crippen molar-refractivity contribution in [2.24, 2.45) is 0 Å². The average Bonchev–Trinajstić information content (AvgIpc) is 3.04. The van der Waals surface area contributed by atoms with E-state index in [9.17, 15) is 9.90 Å². The molecule has 1 aliphatic heterocycles. The van der Waals surface area contributed by atoms with Crippen molar-refractivity contribution in [2.75, 3.05) is 13.1 Å². The third-order valence-corrected chi connectivity index (χ3v) is 4.50. The molecule has 1 fully saturated rings. The van der Waals surface area contributed by atoms with Crippen LogP contribution >= 0.6 is 23.7 Å². The summed E-state index contributed by atoms with van der Waals surface area (Å²) < 4.78 is 1.18. The molecule has 3 rings (SSSR count). The molecule has 114 valence electrons. The molecule has 2 atom stereocenters. The van der Waals surface area contributed by atoms with E-state index in [0.29, 0.717) is 19.5 Å². The molecule has 0 bridgehead atoms. The van der Waals surface area contributed by atoms with Crippen LogP contribution < -0.4 is 10.6 Å². The van der Waals surface area contributed by atoms with E-state index in [4.69, 9.17) is 0 Å². The molecular weight excluding hydrogens is 310 g/mol. The molecule has 0 saturated carbocycles. The molecule has 7 heteroatoms. The number of para-hydroxylation sites is 1. The maximum atomic E-state index is 11.9. The summed E-state index contributed by atoms with van der Waals surface area (Å²) in [6, 6.07) is 7.77. The quantitative estimate of drug-likeness (QED) is 0.786. The van der Waals surface area contributed by atoms with Gasteiger partial charge in [-0.2, -0.15) is 0 Å². The van der Waals surface area contributed by atoms with E-state index >= 15 is 0 Å². The number of halogens is 1. The Labute approximate surface area is 133 Å². The Morgan fingerprint density at radius 1 is 1.48 bits per heavy atom. The lowest BCUT2D eigenvalue weighted by molar-refractivity contribution is -0.122. The van der Waals surface area contributed by atoms with Gasteiger partial charge in [-0.25, -0.2) is 4.98 Å². The third kappa shape index (κ3) is 3.91. The van der Waals surface area contributed by atoms with Gasteiger partial charge in [-0.15, -0.1) is 23.7 Å². The fourth-order valence-electron chi connectivity index (χ4n) is 2.36. The number of aromatic nitrogens is 1. The van der Waals surface area contributed by atoms with Gasteiger partial charge in [0.2, 0.25) is 5.91 Å². The van der Waals surface area contributed by atoms with E-state index in [1.54, 1.807) is 11.3 Å². The molecule has 0 aliphatic carbocycles. The molecule has 2 unspecified atom stereocenters. The number of β-amino-alcohol motifs (C(OH)–C–C–N with tert-alkyl or cyclic N) is 1. The lowest BCUT2D eigenvalue weighted by Crippen LogP contribution is -2.41. The predicted molar refractivity (Wildman–Crippen MR) is 86.0 cm³/mol. The number of carbonyl (C=O) groups is 1. The lowest BCUT2D eigenvalue weighted by atomic mass is 10.2. The molecule has 2 heterocycles. The Morgan fingerprint density at radius 3 is 3.00 bits per heavy atom. The van der Waals surface area contributed by atoms with Gasteiger partial charge in [0.1, 0.15) is 0 Å². The maximum Gasteiger partial charge on any atom is 0.237 e. The van der Waals surface area contributed by atoms with Gasteiger partial charge >= 0.3 is 0 Å². The van der Waals surface area contributed by atoms with E-state index in [2.05, 4.69) is 21.7 Å². The highest BCUT2D eigenvalue weighted by Gasteiger charge is 2.27. The predicted octanol–water partition coefficient (Wildman–Crippen LogP) is 1.10. The molecule has 1 aliphatic rings. The van der Waals surface area contributed by atoms with Crippen LogP contribution in [0.1, 0.15) is 11.4 Å². The number of nitrogens with zero attached hydrogens (tertiary/aromatic N) is 1. The van der Waals surface area contributed by atoms with Crippen LogP contribution in [-0.2, 0) is 11.2 Å². The van der Waals surface area contributed by atoms with Crippen molar-refractivity contribution in [3.63, 3.8) is 0 Å². The van der Waals surface area contributed by atoms with Crippen molar-refractivity contribution in [3.05, 3.63) is 29.3 Å². The van der Waals surface area contributed by atoms with Gasteiger partial charge in [0, 0.05) is 19.5 Å². The second kappa shape index (κ2) is 7.17. The van der Waals surface area contributed by atoms with Crippen molar-refractivity contribution < 1.29 is 9.90 Å². The van der Waals surface area contributed by atoms with Crippen molar-refractivity contribution in [1.29, 1.82) is 0 Å². The molecule has 1 aromatic carbocycles. The first-order chi connectivity index (χ1) is 9.72. The molecule has 21 heavy (non-hydrogen) atoms. The first kappa shape index (κ1) is 16.2. The largest absolute Gasteiger partial charge is 0.392 e. The highest BCUT2D eigenvalue weighted by atomic mass is 35.5. The maximum absolute atomic E-state index is 11.9. The number of nitrogens with one attached hydrogen (secondary N) is 2. The number of amides is 1. The van der Waals surface area contributed by atoms with Gasteiger partial charge in [0.05, 0.1) is 27.4 Å². The van der Waals surface area contributed by atoms with Crippen LogP contribution in [0.5, 0.6) is 0 Å². The summed E-state index contributed by atoms with van der Waals surface area (Å²) in [6.45, 7) is 1.07. The van der Waals surface area contributed by atoms with E-state index in [1.807, 2.05) is 18.2 Å². The summed E-state index contributed by atoms with van der Waals surface area (Å²) in [5, 5.41) is 16.3.